The minimum Gasteiger partial charge on any atom is -0.481 e. The molecule has 14 heteroatoms. The maximum Gasteiger partial charge on any atom is 0.326 e. The van der Waals surface area contributed by atoms with E-state index in [-0.39, 0.29) is 12.3 Å². The van der Waals surface area contributed by atoms with Gasteiger partial charge in [-0.1, -0.05) is 13.8 Å². The fraction of sp³-hybridized carbons (Fsp3) is 0.700. The van der Waals surface area contributed by atoms with E-state index in [9.17, 15) is 28.8 Å². The molecule has 4 unspecified atom stereocenters. The Kier molecular flexibility index (Phi) is 14.1. The van der Waals surface area contributed by atoms with Crippen LogP contribution < -0.4 is 27.4 Å². The maximum atomic E-state index is 12.9. The molecule has 0 saturated heterocycles. The lowest BCUT2D eigenvalue weighted by Gasteiger charge is -2.25. The number of carboxylic acid groups (broad SMARTS) is 3. The number of carbonyl (C=O) groups is 6. The number of amides is 3. The molecule has 0 aromatic carbocycles. The van der Waals surface area contributed by atoms with Crippen LogP contribution in [-0.4, -0.2) is 81.7 Å². The van der Waals surface area contributed by atoms with E-state index >= 15 is 0 Å². The highest BCUT2D eigenvalue weighted by Gasteiger charge is 2.31. The number of nitrogens with one attached hydrogen (secondary N) is 3. The Morgan fingerprint density at radius 1 is 0.735 bits per heavy atom. The van der Waals surface area contributed by atoms with Crippen molar-refractivity contribution in [2.24, 2.45) is 17.4 Å². The van der Waals surface area contributed by atoms with E-state index in [4.69, 9.17) is 26.8 Å². The second kappa shape index (κ2) is 15.6. The Morgan fingerprint density at radius 2 is 1.24 bits per heavy atom. The second-order valence-electron chi connectivity index (χ2n) is 8.11. The Morgan fingerprint density at radius 3 is 1.68 bits per heavy atom. The fourth-order valence-corrected chi connectivity index (χ4v) is 2.79. The Balaban J connectivity index is 5.60. The molecular formula is C20H35N5O9. The maximum absolute atomic E-state index is 12.9. The van der Waals surface area contributed by atoms with Gasteiger partial charge < -0.3 is 42.7 Å². The van der Waals surface area contributed by atoms with Gasteiger partial charge in [0.05, 0.1) is 12.5 Å². The first kappa shape index (κ1) is 30.7. The van der Waals surface area contributed by atoms with Crippen molar-refractivity contribution in [1.29, 1.82) is 0 Å². The molecule has 4 atom stereocenters. The van der Waals surface area contributed by atoms with Crippen LogP contribution in [0.25, 0.3) is 0 Å². The number of hydrogen-bond donors (Lipinski definition) is 8. The predicted molar refractivity (Wildman–Crippen MR) is 118 cm³/mol. The summed E-state index contributed by atoms with van der Waals surface area (Å²) in [7, 11) is 0. The van der Waals surface area contributed by atoms with Crippen LogP contribution >= 0.6 is 0 Å². The van der Waals surface area contributed by atoms with Gasteiger partial charge in [-0.3, -0.25) is 24.0 Å². The lowest BCUT2D eigenvalue weighted by Crippen LogP contribution is -2.57. The van der Waals surface area contributed by atoms with Crippen LogP contribution in [0, 0.1) is 5.92 Å². The molecule has 3 amide bonds. The average molecular weight is 490 g/mol. The standard InChI is InChI=1S/C20H35N5O9/c1-10(2)16(22)19(32)24-11(5-3-4-8-21)17(30)23-12(6-7-14(26)27)18(31)25-13(20(33)34)9-15(28)29/h10-13,16H,3-9,21-22H2,1-2H3,(H,23,30)(H,24,32)(H,25,31)(H,26,27)(H,28,29)(H,33,34). The Hall–Kier alpha value is -3.26. The highest BCUT2D eigenvalue weighted by molar-refractivity contribution is 5.94. The van der Waals surface area contributed by atoms with Gasteiger partial charge in [0.1, 0.15) is 18.1 Å². The van der Waals surface area contributed by atoms with E-state index < -0.39 is 79.1 Å². The molecule has 0 aromatic rings. The number of aliphatic carboxylic acids is 3. The van der Waals surface area contributed by atoms with Gasteiger partial charge in [-0.25, -0.2) is 4.79 Å². The lowest BCUT2D eigenvalue weighted by atomic mass is 10.0. The van der Waals surface area contributed by atoms with E-state index in [1.165, 1.54) is 0 Å². The van der Waals surface area contributed by atoms with Gasteiger partial charge in [-0.15, -0.1) is 0 Å². The van der Waals surface area contributed by atoms with Gasteiger partial charge >= 0.3 is 17.9 Å². The van der Waals surface area contributed by atoms with Crippen LogP contribution in [0.1, 0.15) is 52.4 Å². The molecule has 10 N–H and O–H groups in total. The predicted octanol–water partition coefficient (Wildman–Crippen LogP) is -2.02. The number of rotatable bonds is 17. The molecule has 0 spiro atoms. The highest BCUT2D eigenvalue weighted by atomic mass is 16.4. The third-order valence-electron chi connectivity index (χ3n) is 4.87. The highest BCUT2D eigenvalue weighted by Crippen LogP contribution is 2.07. The van der Waals surface area contributed by atoms with Crippen LogP contribution in [0.2, 0.25) is 0 Å². The van der Waals surface area contributed by atoms with E-state index in [1.807, 2.05) is 5.32 Å². The number of unbranched alkanes of at least 4 members (excludes halogenated alkanes) is 1. The number of carbonyl (C=O) groups excluding carboxylic acids is 3. The summed E-state index contributed by atoms with van der Waals surface area (Å²) in [5.74, 6) is -7.07. The molecule has 0 aliphatic heterocycles. The summed E-state index contributed by atoms with van der Waals surface area (Å²) in [5, 5.41) is 33.7. The van der Waals surface area contributed by atoms with Gasteiger partial charge in [-0.05, 0) is 38.1 Å². The summed E-state index contributed by atoms with van der Waals surface area (Å²) in [6.07, 6.45) is -0.709. The third-order valence-corrected chi connectivity index (χ3v) is 4.87. The molecule has 0 aromatic heterocycles. The van der Waals surface area contributed by atoms with Gasteiger partial charge in [0, 0.05) is 6.42 Å². The van der Waals surface area contributed by atoms with Crippen molar-refractivity contribution < 1.29 is 44.1 Å². The van der Waals surface area contributed by atoms with Crippen molar-refractivity contribution >= 4 is 35.6 Å². The van der Waals surface area contributed by atoms with E-state index in [2.05, 4.69) is 10.6 Å². The van der Waals surface area contributed by atoms with E-state index in [0.717, 1.165) is 0 Å². The fourth-order valence-electron chi connectivity index (χ4n) is 2.79. The molecule has 0 heterocycles. The zero-order valence-electron chi connectivity index (χ0n) is 19.3. The smallest absolute Gasteiger partial charge is 0.326 e. The third kappa shape index (κ3) is 12.1. The second-order valence-corrected chi connectivity index (χ2v) is 8.11. The van der Waals surface area contributed by atoms with E-state index in [1.54, 1.807) is 13.8 Å². The summed E-state index contributed by atoms with van der Waals surface area (Å²) in [6, 6.07) is -5.30. The minimum absolute atomic E-state index is 0.156. The zero-order chi connectivity index (χ0) is 26.4. The summed E-state index contributed by atoms with van der Waals surface area (Å²) in [6.45, 7) is 3.78. The quantitative estimate of drug-likeness (QED) is 0.103. The number of carboxylic acids is 3. The molecule has 0 fully saturated rings. The first-order chi connectivity index (χ1) is 15.8. The van der Waals surface area contributed by atoms with Crippen LogP contribution in [0.3, 0.4) is 0 Å². The van der Waals surface area contributed by atoms with Crippen molar-refractivity contribution in [2.45, 2.75) is 76.5 Å². The van der Waals surface area contributed by atoms with Crippen LogP contribution in [0.4, 0.5) is 0 Å². The molecule has 0 bridgehead atoms. The van der Waals surface area contributed by atoms with Gasteiger partial charge in [0.2, 0.25) is 17.7 Å². The SMILES string of the molecule is CC(C)C(N)C(=O)NC(CCCCN)C(=O)NC(CCC(=O)O)C(=O)NC(CC(=O)O)C(=O)O. The first-order valence-corrected chi connectivity index (χ1v) is 10.8. The lowest BCUT2D eigenvalue weighted by molar-refractivity contribution is -0.147. The van der Waals surface area contributed by atoms with Crippen LogP contribution in [0.5, 0.6) is 0 Å². The Bertz CT molecular complexity index is 744. The first-order valence-electron chi connectivity index (χ1n) is 10.8. The van der Waals surface area contributed by atoms with Gasteiger partial charge in [0.15, 0.2) is 0 Å². The normalized spacial score (nSPS) is 14.4. The largest absolute Gasteiger partial charge is 0.481 e. The molecule has 194 valence electrons. The topological polar surface area (TPSA) is 251 Å². The number of nitrogens with two attached hydrogens (primary N) is 2. The molecular weight excluding hydrogens is 454 g/mol. The van der Waals surface area contributed by atoms with Gasteiger partial charge in [0.25, 0.3) is 0 Å². The van der Waals surface area contributed by atoms with Crippen LogP contribution in [-0.2, 0) is 28.8 Å². The van der Waals surface area contributed by atoms with Crippen LogP contribution in [0.15, 0.2) is 0 Å². The van der Waals surface area contributed by atoms with Gasteiger partial charge in [-0.2, -0.15) is 0 Å². The summed E-state index contributed by atoms with van der Waals surface area (Å²) in [5.41, 5.74) is 11.3. The molecule has 0 rings (SSSR count). The molecule has 0 aliphatic rings. The molecule has 14 nitrogen and oxygen atoms in total. The van der Waals surface area contributed by atoms with Crippen molar-refractivity contribution in [3.63, 3.8) is 0 Å². The molecule has 0 aliphatic carbocycles. The molecule has 34 heavy (non-hydrogen) atoms. The van der Waals surface area contributed by atoms with Crippen molar-refractivity contribution in [1.82, 2.24) is 16.0 Å². The summed E-state index contributed by atoms with van der Waals surface area (Å²) in [4.78, 5) is 70.9. The monoisotopic (exact) mass is 489 g/mol. The minimum atomic E-state index is -1.79. The van der Waals surface area contributed by atoms with Crippen molar-refractivity contribution in [3.05, 3.63) is 0 Å². The summed E-state index contributed by atoms with van der Waals surface area (Å²) >= 11 is 0. The van der Waals surface area contributed by atoms with Crippen molar-refractivity contribution in [3.8, 4) is 0 Å². The molecule has 0 saturated carbocycles. The summed E-state index contributed by atoms with van der Waals surface area (Å²) < 4.78 is 0. The number of hydrogen-bond acceptors (Lipinski definition) is 8. The van der Waals surface area contributed by atoms with Crippen molar-refractivity contribution in [2.75, 3.05) is 6.54 Å². The zero-order valence-corrected chi connectivity index (χ0v) is 19.3. The van der Waals surface area contributed by atoms with E-state index in [0.29, 0.717) is 19.4 Å². The Labute approximate surface area is 196 Å². The average Bonchev–Trinajstić information content (AvgIpc) is 2.73. The molecule has 0 radical (unpaired) electrons.